The quantitative estimate of drug-likeness (QED) is 0.847. The van der Waals surface area contributed by atoms with E-state index in [2.05, 4.69) is 11.8 Å². The van der Waals surface area contributed by atoms with Gasteiger partial charge >= 0.3 is 0 Å². The third-order valence-corrected chi connectivity index (χ3v) is 3.36. The minimum atomic E-state index is -0.168. The Bertz CT molecular complexity index is 297. The van der Waals surface area contributed by atoms with Crippen LogP contribution in [0, 0.1) is 5.92 Å². The maximum absolute atomic E-state index is 9.99. The van der Waals surface area contributed by atoms with Crippen LogP contribution >= 0.6 is 0 Å². The van der Waals surface area contributed by atoms with Crippen molar-refractivity contribution < 1.29 is 9.52 Å². The highest BCUT2D eigenvalue weighted by molar-refractivity contribution is 5.01. The molecule has 0 bridgehead atoms. The number of nitrogens with zero attached hydrogens (tertiary/aromatic N) is 1. The van der Waals surface area contributed by atoms with Crippen LogP contribution in [0.4, 0.5) is 0 Å². The maximum Gasteiger partial charge on any atom is 0.104 e. The van der Waals surface area contributed by atoms with E-state index >= 15 is 0 Å². The predicted molar refractivity (Wildman–Crippen MR) is 63.3 cm³/mol. The van der Waals surface area contributed by atoms with Crippen LogP contribution < -0.4 is 0 Å². The summed E-state index contributed by atoms with van der Waals surface area (Å²) in [6.45, 7) is 5.37. The van der Waals surface area contributed by atoms with Crippen LogP contribution in [0.2, 0.25) is 0 Å². The lowest BCUT2D eigenvalue weighted by molar-refractivity contribution is 0.0249. The summed E-state index contributed by atoms with van der Waals surface area (Å²) < 4.78 is 5.35. The molecule has 90 valence electrons. The van der Waals surface area contributed by atoms with Gasteiger partial charge in [0, 0.05) is 25.4 Å². The highest BCUT2D eigenvalue weighted by Gasteiger charge is 2.27. The van der Waals surface area contributed by atoms with E-state index in [1.165, 1.54) is 6.42 Å². The summed E-state index contributed by atoms with van der Waals surface area (Å²) in [6, 6.07) is 3.90. The average Bonchev–Trinajstić information content (AvgIpc) is 2.76. The van der Waals surface area contributed by atoms with Gasteiger partial charge < -0.3 is 14.4 Å². The molecule has 0 spiro atoms. The van der Waals surface area contributed by atoms with Gasteiger partial charge in [-0.3, -0.25) is 0 Å². The fraction of sp³-hybridized carbons (Fsp3) is 0.692. The van der Waals surface area contributed by atoms with Gasteiger partial charge in [0.1, 0.15) is 5.76 Å². The minimum Gasteiger partial charge on any atom is -0.469 e. The molecule has 2 rings (SSSR count). The summed E-state index contributed by atoms with van der Waals surface area (Å²) in [6.07, 6.45) is 4.47. The van der Waals surface area contributed by atoms with Crippen LogP contribution in [-0.4, -0.2) is 35.7 Å². The number of aliphatic hydroxyl groups is 1. The number of furan rings is 1. The number of hydrogen-bond acceptors (Lipinski definition) is 3. The number of piperidine rings is 1. The Morgan fingerprint density at radius 3 is 3.12 bits per heavy atom. The van der Waals surface area contributed by atoms with Crippen LogP contribution in [0.15, 0.2) is 22.8 Å². The molecule has 1 aliphatic heterocycles. The van der Waals surface area contributed by atoms with Crippen molar-refractivity contribution in [2.24, 2.45) is 5.92 Å². The van der Waals surface area contributed by atoms with Crippen molar-refractivity contribution >= 4 is 0 Å². The highest BCUT2D eigenvalue weighted by atomic mass is 16.3. The van der Waals surface area contributed by atoms with E-state index in [-0.39, 0.29) is 6.10 Å². The molecule has 1 aromatic heterocycles. The summed E-state index contributed by atoms with van der Waals surface area (Å²) in [7, 11) is 0. The third kappa shape index (κ3) is 2.86. The largest absolute Gasteiger partial charge is 0.469 e. The molecular formula is C13H21NO2. The predicted octanol–water partition coefficient (Wildman–Crippen LogP) is 1.91. The normalized spacial score (nSPS) is 27.1. The Morgan fingerprint density at radius 1 is 1.56 bits per heavy atom. The SMILES string of the molecule is CCCN1CCC(O)C(Cc2ccco2)C1. The van der Waals surface area contributed by atoms with Crippen molar-refractivity contribution in [3.05, 3.63) is 24.2 Å². The lowest BCUT2D eigenvalue weighted by atomic mass is 9.91. The molecule has 0 radical (unpaired) electrons. The van der Waals surface area contributed by atoms with Gasteiger partial charge in [-0.1, -0.05) is 6.92 Å². The van der Waals surface area contributed by atoms with Crippen molar-refractivity contribution in [2.75, 3.05) is 19.6 Å². The van der Waals surface area contributed by atoms with E-state index in [9.17, 15) is 5.11 Å². The van der Waals surface area contributed by atoms with Gasteiger partial charge in [-0.15, -0.1) is 0 Å². The highest BCUT2D eigenvalue weighted by Crippen LogP contribution is 2.21. The summed E-state index contributed by atoms with van der Waals surface area (Å²) in [5, 5.41) is 9.99. The van der Waals surface area contributed by atoms with Gasteiger partial charge in [0.05, 0.1) is 12.4 Å². The van der Waals surface area contributed by atoms with E-state index < -0.39 is 0 Å². The third-order valence-electron chi connectivity index (χ3n) is 3.36. The molecule has 3 heteroatoms. The topological polar surface area (TPSA) is 36.6 Å². The molecule has 0 saturated carbocycles. The lowest BCUT2D eigenvalue weighted by Gasteiger charge is -2.35. The van der Waals surface area contributed by atoms with Crippen LogP contribution in [0.1, 0.15) is 25.5 Å². The molecule has 1 fully saturated rings. The second-order valence-electron chi connectivity index (χ2n) is 4.70. The van der Waals surface area contributed by atoms with Crippen LogP contribution in [0.25, 0.3) is 0 Å². The Hall–Kier alpha value is -0.800. The smallest absolute Gasteiger partial charge is 0.104 e. The average molecular weight is 223 g/mol. The van der Waals surface area contributed by atoms with Crippen molar-refractivity contribution in [1.29, 1.82) is 0 Å². The van der Waals surface area contributed by atoms with E-state index in [1.54, 1.807) is 6.26 Å². The van der Waals surface area contributed by atoms with Crippen molar-refractivity contribution in [3.8, 4) is 0 Å². The molecule has 1 N–H and O–H groups in total. The molecule has 0 aromatic carbocycles. The van der Waals surface area contributed by atoms with Crippen LogP contribution in [-0.2, 0) is 6.42 Å². The zero-order chi connectivity index (χ0) is 11.4. The zero-order valence-electron chi connectivity index (χ0n) is 9.93. The van der Waals surface area contributed by atoms with E-state index in [1.807, 2.05) is 12.1 Å². The molecule has 3 nitrogen and oxygen atoms in total. The zero-order valence-corrected chi connectivity index (χ0v) is 9.93. The van der Waals surface area contributed by atoms with Crippen LogP contribution in [0.5, 0.6) is 0 Å². The Labute approximate surface area is 97.1 Å². The van der Waals surface area contributed by atoms with Gasteiger partial charge in [0.2, 0.25) is 0 Å². The first-order valence-corrected chi connectivity index (χ1v) is 6.22. The Kier molecular flexibility index (Phi) is 4.02. The second kappa shape index (κ2) is 5.51. The fourth-order valence-corrected chi connectivity index (χ4v) is 2.50. The monoisotopic (exact) mass is 223 g/mol. The first-order valence-electron chi connectivity index (χ1n) is 6.22. The number of likely N-dealkylation sites (tertiary alicyclic amines) is 1. The van der Waals surface area contributed by atoms with Gasteiger partial charge in [0.25, 0.3) is 0 Å². The molecular weight excluding hydrogens is 202 g/mol. The summed E-state index contributed by atoms with van der Waals surface area (Å²) in [5.41, 5.74) is 0. The first kappa shape index (κ1) is 11.7. The van der Waals surface area contributed by atoms with E-state index in [4.69, 9.17) is 4.42 Å². The molecule has 2 atom stereocenters. The summed E-state index contributed by atoms with van der Waals surface area (Å²) in [4.78, 5) is 2.44. The Balaban J connectivity index is 1.91. The molecule has 0 amide bonds. The molecule has 0 aliphatic carbocycles. The van der Waals surface area contributed by atoms with E-state index in [0.717, 1.165) is 38.2 Å². The van der Waals surface area contributed by atoms with Gasteiger partial charge in [-0.2, -0.15) is 0 Å². The summed E-state index contributed by atoms with van der Waals surface area (Å²) in [5.74, 6) is 1.31. The molecule has 2 unspecified atom stereocenters. The van der Waals surface area contributed by atoms with Crippen LogP contribution in [0.3, 0.4) is 0 Å². The van der Waals surface area contributed by atoms with Crippen molar-refractivity contribution in [1.82, 2.24) is 4.90 Å². The number of hydrogen-bond donors (Lipinski definition) is 1. The van der Waals surface area contributed by atoms with Crippen molar-refractivity contribution in [2.45, 2.75) is 32.3 Å². The molecule has 16 heavy (non-hydrogen) atoms. The first-order chi connectivity index (χ1) is 7.79. The van der Waals surface area contributed by atoms with Gasteiger partial charge in [-0.05, 0) is 31.5 Å². The van der Waals surface area contributed by atoms with Crippen molar-refractivity contribution in [3.63, 3.8) is 0 Å². The maximum atomic E-state index is 9.99. The standard InChI is InChI=1S/C13H21NO2/c1-2-6-14-7-5-13(15)11(10-14)9-12-4-3-8-16-12/h3-4,8,11,13,15H,2,5-7,9-10H2,1H3. The van der Waals surface area contributed by atoms with E-state index in [0.29, 0.717) is 5.92 Å². The number of rotatable bonds is 4. The molecule has 1 saturated heterocycles. The molecule has 1 aliphatic rings. The summed E-state index contributed by atoms with van der Waals surface area (Å²) >= 11 is 0. The Morgan fingerprint density at radius 2 is 2.44 bits per heavy atom. The number of aliphatic hydroxyl groups excluding tert-OH is 1. The van der Waals surface area contributed by atoms with Gasteiger partial charge in [-0.25, -0.2) is 0 Å². The molecule has 1 aromatic rings. The lowest BCUT2D eigenvalue weighted by Crippen LogP contribution is -2.44. The minimum absolute atomic E-state index is 0.168. The van der Waals surface area contributed by atoms with Gasteiger partial charge in [0.15, 0.2) is 0 Å². The fourth-order valence-electron chi connectivity index (χ4n) is 2.50. The molecule has 2 heterocycles. The second-order valence-corrected chi connectivity index (χ2v) is 4.70.